The van der Waals surface area contributed by atoms with E-state index in [2.05, 4.69) is 16.8 Å². The zero-order chi connectivity index (χ0) is 15.7. The van der Waals surface area contributed by atoms with Crippen LogP contribution in [-0.2, 0) is 4.74 Å². The molecule has 1 N–H and O–H groups in total. The second-order valence-electron chi connectivity index (χ2n) is 6.34. The Morgan fingerprint density at radius 1 is 1.43 bits per heavy atom. The molecule has 0 bridgehead atoms. The van der Waals surface area contributed by atoms with E-state index >= 15 is 0 Å². The summed E-state index contributed by atoms with van der Waals surface area (Å²) < 4.78 is 5.23. The topological polar surface area (TPSA) is 62.7 Å². The van der Waals surface area contributed by atoms with Gasteiger partial charge in [-0.05, 0) is 45.2 Å². The van der Waals surface area contributed by atoms with Crippen LogP contribution in [0.2, 0.25) is 0 Å². The predicted molar refractivity (Wildman–Crippen MR) is 78.6 cm³/mol. The molecule has 1 aromatic rings. The molecule has 112 valence electrons. The van der Waals surface area contributed by atoms with Crippen LogP contribution in [-0.4, -0.2) is 45.4 Å². The van der Waals surface area contributed by atoms with Crippen LogP contribution in [0.1, 0.15) is 32.0 Å². The van der Waals surface area contributed by atoms with E-state index in [1.54, 1.807) is 33.0 Å². The first-order chi connectivity index (χ1) is 9.67. The Balaban J connectivity index is 1.93. The van der Waals surface area contributed by atoms with E-state index in [0.29, 0.717) is 5.69 Å². The molecular weight excluding hydrogens is 268 g/mol. The zero-order valence-corrected chi connectivity index (χ0v) is 12.8. The number of rotatable bonds is 0. The number of aliphatic hydroxyl groups is 1. The van der Waals surface area contributed by atoms with Gasteiger partial charge in [0.15, 0.2) is 5.60 Å². The monoisotopic (exact) mass is 288 g/mol. The van der Waals surface area contributed by atoms with E-state index in [1.807, 2.05) is 13.0 Å². The van der Waals surface area contributed by atoms with Crippen LogP contribution in [0.25, 0.3) is 0 Å². The summed E-state index contributed by atoms with van der Waals surface area (Å²) in [4.78, 5) is 17.4. The van der Waals surface area contributed by atoms with E-state index in [4.69, 9.17) is 4.74 Å². The third kappa shape index (κ3) is 4.20. The number of ether oxygens (including phenoxy) is 1. The molecule has 0 atom stereocenters. The molecule has 21 heavy (non-hydrogen) atoms. The molecule has 0 saturated carbocycles. The fourth-order valence-corrected chi connectivity index (χ4v) is 1.84. The number of hydrogen-bond donors (Lipinski definition) is 1. The smallest absolute Gasteiger partial charge is 0.410 e. The second-order valence-corrected chi connectivity index (χ2v) is 6.34. The van der Waals surface area contributed by atoms with Gasteiger partial charge in [-0.15, -0.1) is 0 Å². The molecule has 2 rings (SSSR count). The number of β-amino-alcohol motifs (C(OH)–C–C–N with tert-alkyl or cyclic N) is 1. The molecule has 1 aliphatic rings. The van der Waals surface area contributed by atoms with Crippen LogP contribution >= 0.6 is 0 Å². The fraction of sp³-hybridized carbons (Fsp3) is 0.500. The standard InChI is InChI=1S/C16H20N2O3/c1-12-5-6-13(17-9-12)7-8-16(20)10-18(11-16)14(19)21-15(2,3)4/h5-6,9,20H,10-11H2,1-4H3. The van der Waals surface area contributed by atoms with Gasteiger partial charge in [-0.3, -0.25) is 0 Å². The van der Waals surface area contributed by atoms with Gasteiger partial charge in [0.1, 0.15) is 11.3 Å². The van der Waals surface area contributed by atoms with Crippen molar-refractivity contribution in [2.24, 2.45) is 0 Å². The van der Waals surface area contributed by atoms with E-state index in [0.717, 1.165) is 5.56 Å². The number of hydrogen-bond acceptors (Lipinski definition) is 4. The lowest BCUT2D eigenvalue weighted by Crippen LogP contribution is -2.63. The van der Waals surface area contributed by atoms with Crippen molar-refractivity contribution in [2.75, 3.05) is 13.1 Å². The van der Waals surface area contributed by atoms with Gasteiger partial charge >= 0.3 is 6.09 Å². The van der Waals surface area contributed by atoms with Crippen LogP contribution in [0, 0.1) is 18.8 Å². The van der Waals surface area contributed by atoms with Crippen LogP contribution in [0.3, 0.4) is 0 Å². The summed E-state index contributed by atoms with van der Waals surface area (Å²) in [7, 11) is 0. The van der Waals surface area contributed by atoms with Gasteiger partial charge in [0.2, 0.25) is 0 Å². The highest BCUT2D eigenvalue weighted by Gasteiger charge is 2.44. The number of aromatic nitrogens is 1. The lowest BCUT2D eigenvalue weighted by molar-refractivity contribution is -0.0637. The number of likely N-dealkylation sites (tertiary alicyclic amines) is 1. The summed E-state index contributed by atoms with van der Waals surface area (Å²) in [5, 5.41) is 10.2. The maximum absolute atomic E-state index is 11.8. The summed E-state index contributed by atoms with van der Waals surface area (Å²) in [6.45, 7) is 7.67. The molecule has 5 nitrogen and oxygen atoms in total. The lowest BCUT2D eigenvalue weighted by Gasteiger charge is -2.43. The summed E-state index contributed by atoms with van der Waals surface area (Å²) in [6.07, 6.45) is 1.30. The third-order valence-electron chi connectivity index (χ3n) is 2.89. The molecule has 0 aliphatic carbocycles. The highest BCUT2D eigenvalue weighted by atomic mass is 16.6. The minimum atomic E-state index is -1.18. The Hall–Kier alpha value is -2.06. The first-order valence-corrected chi connectivity index (χ1v) is 6.83. The van der Waals surface area contributed by atoms with Crippen molar-refractivity contribution >= 4 is 6.09 Å². The molecule has 1 aromatic heterocycles. The van der Waals surface area contributed by atoms with E-state index < -0.39 is 17.3 Å². The first kappa shape index (κ1) is 15.3. The summed E-state index contributed by atoms with van der Waals surface area (Å²) in [5.41, 5.74) is -0.0603. The van der Waals surface area contributed by atoms with Crippen molar-refractivity contribution < 1.29 is 14.6 Å². The Morgan fingerprint density at radius 3 is 2.62 bits per heavy atom. The molecule has 0 unspecified atom stereocenters. The fourth-order valence-electron chi connectivity index (χ4n) is 1.84. The number of nitrogens with zero attached hydrogens (tertiary/aromatic N) is 2. The highest BCUT2D eigenvalue weighted by Crippen LogP contribution is 2.22. The van der Waals surface area contributed by atoms with Gasteiger partial charge in [-0.25, -0.2) is 9.78 Å². The Morgan fingerprint density at radius 2 is 2.10 bits per heavy atom. The lowest BCUT2D eigenvalue weighted by atomic mass is 9.95. The van der Waals surface area contributed by atoms with Gasteiger partial charge in [-0.2, -0.15) is 0 Å². The maximum Gasteiger partial charge on any atom is 0.410 e. The van der Waals surface area contributed by atoms with Crippen molar-refractivity contribution in [1.82, 2.24) is 9.88 Å². The van der Waals surface area contributed by atoms with Gasteiger partial charge < -0.3 is 14.7 Å². The number of pyridine rings is 1. The molecule has 0 spiro atoms. The predicted octanol–water partition coefficient (Wildman–Crippen LogP) is 1.72. The van der Waals surface area contributed by atoms with Crippen molar-refractivity contribution in [3.8, 4) is 11.8 Å². The quantitative estimate of drug-likeness (QED) is 0.738. The summed E-state index contributed by atoms with van der Waals surface area (Å²) in [6, 6.07) is 3.71. The van der Waals surface area contributed by atoms with E-state index in [9.17, 15) is 9.90 Å². The van der Waals surface area contributed by atoms with E-state index in [1.165, 1.54) is 4.90 Å². The molecule has 1 fully saturated rings. The van der Waals surface area contributed by atoms with Gasteiger partial charge in [0.25, 0.3) is 0 Å². The Kier molecular flexibility index (Phi) is 3.93. The minimum absolute atomic E-state index is 0.154. The van der Waals surface area contributed by atoms with Gasteiger partial charge in [0.05, 0.1) is 13.1 Å². The molecule has 2 heterocycles. The average molecular weight is 288 g/mol. The van der Waals surface area contributed by atoms with Crippen LogP contribution in [0.5, 0.6) is 0 Å². The number of carbonyl (C=O) groups excluding carboxylic acids is 1. The van der Waals surface area contributed by atoms with Gasteiger partial charge in [0, 0.05) is 6.20 Å². The minimum Gasteiger partial charge on any atom is -0.444 e. The average Bonchev–Trinajstić information content (AvgIpc) is 2.32. The first-order valence-electron chi connectivity index (χ1n) is 6.83. The van der Waals surface area contributed by atoms with Gasteiger partial charge in [-0.1, -0.05) is 12.0 Å². The third-order valence-corrected chi connectivity index (χ3v) is 2.89. The summed E-state index contributed by atoms with van der Waals surface area (Å²) in [5.74, 6) is 5.60. The highest BCUT2D eigenvalue weighted by molar-refractivity contribution is 5.70. The Bertz CT molecular complexity index is 585. The zero-order valence-electron chi connectivity index (χ0n) is 12.8. The number of aryl methyl sites for hydroxylation is 1. The maximum atomic E-state index is 11.8. The molecular formula is C16H20N2O3. The largest absolute Gasteiger partial charge is 0.444 e. The number of carbonyl (C=O) groups is 1. The van der Waals surface area contributed by atoms with Crippen molar-refractivity contribution in [3.05, 3.63) is 29.6 Å². The van der Waals surface area contributed by atoms with Crippen molar-refractivity contribution in [2.45, 2.75) is 38.9 Å². The van der Waals surface area contributed by atoms with Crippen LogP contribution in [0.15, 0.2) is 18.3 Å². The number of amides is 1. The molecule has 1 saturated heterocycles. The molecule has 0 aromatic carbocycles. The molecule has 1 aliphatic heterocycles. The molecule has 0 radical (unpaired) electrons. The van der Waals surface area contributed by atoms with Crippen LogP contribution < -0.4 is 0 Å². The molecule has 1 amide bonds. The second kappa shape index (κ2) is 5.38. The van der Waals surface area contributed by atoms with Crippen LogP contribution in [0.4, 0.5) is 4.79 Å². The SMILES string of the molecule is Cc1ccc(C#CC2(O)CN(C(=O)OC(C)(C)C)C2)nc1. The van der Waals surface area contributed by atoms with E-state index in [-0.39, 0.29) is 13.1 Å². The molecule has 5 heteroatoms. The normalized spacial score (nSPS) is 16.5. The van der Waals surface area contributed by atoms with Crippen molar-refractivity contribution in [1.29, 1.82) is 0 Å². The Labute approximate surface area is 124 Å². The summed E-state index contributed by atoms with van der Waals surface area (Å²) >= 11 is 0. The van der Waals surface area contributed by atoms with Crippen molar-refractivity contribution in [3.63, 3.8) is 0 Å².